The summed E-state index contributed by atoms with van der Waals surface area (Å²) >= 11 is 1.45. The summed E-state index contributed by atoms with van der Waals surface area (Å²) in [7, 11) is 1.35. The first-order valence-electron chi connectivity index (χ1n) is 5.50. The van der Waals surface area contributed by atoms with Crippen molar-refractivity contribution in [3.8, 4) is 0 Å². The van der Waals surface area contributed by atoms with Crippen LogP contribution in [0.5, 0.6) is 0 Å². The molecule has 1 atom stereocenters. The number of carbonyl (C=O) groups excluding carboxylic acids is 1. The highest BCUT2D eigenvalue weighted by atomic mass is 32.2. The van der Waals surface area contributed by atoms with Crippen molar-refractivity contribution in [1.29, 1.82) is 0 Å². The van der Waals surface area contributed by atoms with Gasteiger partial charge in [-0.25, -0.2) is 8.78 Å². The summed E-state index contributed by atoms with van der Waals surface area (Å²) in [6.07, 6.45) is 1.05. The molecule has 16 heavy (non-hydrogen) atoms. The molecule has 0 N–H and O–H groups in total. The smallest absolute Gasteiger partial charge is 0.318 e. The number of thioether (sulfide) groups is 1. The second-order valence-corrected chi connectivity index (χ2v) is 5.15. The van der Waals surface area contributed by atoms with Gasteiger partial charge in [0.15, 0.2) is 0 Å². The van der Waals surface area contributed by atoms with Crippen molar-refractivity contribution in [2.45, 2.75) is 50.7 Å². The summed E-state index contributed by atoms with van der Waals surface area (Å²) in [5.41, 5.74) is 0. The van der Waals surface area contributed by atoms with Gasteiger partial charge in [-0.3, -0.25) is 4.79 Å². The zero-order chi connectivity index (χ0) is 12.6. The van der Waals surface area contributed by atoms with Gasteiger partial charge in [-0.2, -0.15) is 0 Å². The number of unbranched alkanes of at least 4 members (excludes halogenated alkanes) is 1. The Morgan fingerprint density at radius 3 is 2.56 bits per heavy atom. The minimum absolute atomic E-state index is 0.0589. The van der Waals surface area contributed by atoms with E-state index in [1.807, 2.05) is 0 Å². The Hall–Kier alpha value is -0.320. The normalized spacial score (nSPS) is 13.6. The highest BCUT2D eigenvalue weighted by Crippen LogP contribution is 2.25. The maximum atomic E-state index is 12.8. The molecule has 0 aromatic rings. The number of esters is 1. The van der Waals surface area contributed by atoms with E-state index >= 15 is 0 Å². The second kappa shape index (κ2) is 7.87. The van der Waals surface area contributed by atoms with Gasteiger partial charge in [0.1, 0.15) is 0 Å². The number of methoxy groups -OCH3 is 1. The highest BCUT2D eigenvalue weighted by Gasteiger charge is 2.24. The third-order valence-corrected chi connectivity index (χ3v) is 3.57. The number of rotatable bonds is 8. The van der Waals surface area contributed by atoms with Crippen LogP contribution in [-0.2, 0) is 9.53 Å². The third kappa shape index (κ3) is 7.04. The van der Waals surface area contributed by atoms with E-state index in [-0.39, 0.29) is 24.1 Å². The average molecular weight is 254 g/mol. The topological polar surface area (TPSA) is 26.3 Å². The molecule has 0 saturated heterocycles. The molecule has 0 fully saturated rings. The molecule has 0 aliphatic rings. The van der Waals surface area contributed by atoms with Crippen LogP contribution >= 0.6 is 11.8 Å². The molecule has 1 unspecified atom stereocenters. The summed E-state index contributed by atoms with van der Waals surface area (Å²) in [6.45, 7) is 3.26. The summed E-state index contributed by atoms with van der Waals surface area (Å²) in [5.74, 6) is -2.07. The Balaban J connectivity index is 3.51. The molecule has 0 saturated carbocycles. The Morgan fingerprint density at radius 2 is 2.06 bits per heavy atom. The van der Waals surface area contributed by atoms with Crippen LogP contribution in [0.25, 0.3) is 0 Å². The summed E-state index contributed by atoms with van der Waals surface area (Å²) in [5, 5.41) is -0.211. The maximum absolute atomic E-state index is 12.8. The fraction of sp³-hybridized carbons (Fsp3) is 0.909. The largest absolute Gasteiger partial charge is 0.468 e. The lowest BCUT2D eigenvalue weighted by Crippen LogP contribution is -2.16. The summed E-state index contributed by atoms with van der Waals surface area (Å²) < 4.78 is 30.2. The molecule has 0 spiro atoms. The number of carbonyl (C=O) groups is 1. The van der Waals surface area contributed by atoms with Gasteiger partial charge in [0.2, 0.25) is 5.92 Å². The van der Waals surface area contributed by atoms with Crippen molar-refractivity contribution < 1.29 is 18.3 Å². The Labute approximate surface area is 100 Å². The average Bonchev–Trinajstić information content (AvgIpc) is 2.27. The van der Waals surface area contributed by atoms with E-state index in [2.05, 4.69) is 4.74 Å². The van der Waals surface area contributed by atoms with Crippen LogP contribution in [0.1, 0.15) is 39.5 Å². The van der Waals surface area contributed by atoms with Crippen molar-refractivity contribution in [3.63, 3.8) is 0 Å². The van der Waals surface area contributed by atoms with E-state index in [1.165, 1.54) is 25.8 Å². The van der Waals surface area contributed by atoms with Gasteiger partial charge in [-0.1, -0.05) is 6.92 Å². The molecule has 96 valence electrons. The number of hydrogen-bond acceptors (Lipinski definition) is 3. The molecule has 0 heterocycles. The SMILES string of the molecule is CCC(F)(F)CCCCSC(C)C(=O)OC. The Kier molecular flexibility index (Phi) is 7.72. The number of halogens is 2. The van der Waals surface area contributed by atoms with Gasteiger partial charge in [-0.15, -0.1) is 11.8 Å². The lowest BCUT2D eigenvalue weighted by atomic mass is 10.1. The molecule has 0 aromatic carbocycles. The zero-order valence-electron chi connectivity index (χ0n) is 10.1. The molecule has 0 aliphatic carbocycles. The first-order valence-corrected chi connectivity index (χ1v) is 6.55. The van der Waals surface area contributed by atoms with Gasteiger partial charge in [-0.05, 0) is 25.5 Å². The molecular weight excluding hydrogens is 234 g/mol. The molecule has 5 heteroatoms. The summed E-state index contributed by atoms with van der Waals surface area (Å²) in [6, 6.07) is 0. The number of ether oxygens (including phenoxy) is 1. The van der Waals surface area contributed by atoms with Gasteiger partial charge < -0.3 is 4.74 Å². The fourth-order valence-electron chi connectivity index (χ4n) is 1.16. The first kappa shape index (κ1) is 15.7. The van der Waals surface area contributed by atoms with Gasteiger partial charge in [0.05, 0.1) is 12.4 Å². The molecule has 2 nitrogen and oxygen atoms in total. The number of alkyl halides is 2. The Morgan fingerprint density at radius 1 is 1.44 bits per heavy atom. The van der Waals surface area contributed by atoms with Crippen molar-refractivity contribution in [3.05, 3.63) is 0 Å². The lowest BCUT2D eigenvalue weighted by molar-refractivity contribution is -0.139. The first-order chi connectivity index (χ1) is 7.43. The van der Waals surface area contributed by atoms with Gasteiger partial charge in [0.25, 0.3) is 0 Å². The molecule has 0 amide bonds. The minimum atomic E-state index is -2.53. The van der Waals surface area contributed by atoms with Crippen molar-refractivity contribution >= 4 is 17.7 Å². The standard InChI is InChI=1S/C11H20F2O2S/c1-4-11(12,13)7-5-6-8-16-9(2)10(14)15-3/h9H,4-8H2,1-3H3. The molecule has 0 radical (unpaired) electrons. The van der Waals surface area contributed by atoms with E-state index in [0.717, 1.165) is 5.75 Å². The van der Waals surface area contributed by atoms with Gasteiger partial charge in [0, 0.05) is 12.8 Å². The van der Waals surface area contributed by atoms with E-state index in [4.69, 9.17) is 0 Å². The van der Waals surface area contributed by atoms with E-state index in [1.54, 1.807) is 6.92 Å². The molecule has 0 rings (SSSR count). The monoisotopic (exact) mass is 254 g/mol. The van der Waals surface area contributed by atoms with Crippen LogP contribution < -0.4 is 0 Å². The minimum Gasteiger partial charge on any atom is -0.468 e. The molecular formula is C11H20F2O2S. The highest BCUT2D eigenvalue weighted by molar-refractivity contribution is 8.00. The maximum Gasteiger partial charge on any atom is 0.318 e. The molecule has 0 bridgehead atoms. The van der Waals surface area contributed by atoms with E-state index in [0.29, 0.717) is 12.8 Å². The number of hydrogen-bond donors (Lipinski definition) is 0. The second-order valence-electron chi connectivity index (χ2n) is 3.70. The van der Waals surface area contributed by atoms with Crippen molar-refractivity contribution in [1.82, 2.24) is 0 Å². The fourth-order valence-corrected chi connectivity index (χ4v) is 2.11. The quantitative estimate of drug-likeness (QED) is 0.490. The molecule has 0 aromatic heterocycles. The molecule has 0 aliphatic heterocycles. The van der Waals surface area contributed by atoms with Crippen LogP contribution in [0.2, 0.25) is 0 Å². The van der Waals surface area contributed by atoms with Crippen LogP contribution in [0, 0.1) is 0 Å². The Bertz CT molecular complexity index is 210. The predicted molar refractivity (Wildman–Crippen MR) is 63.0 cm³/mol. The van der Waals surface area contributed by atoms with Crippen LogP contribution in [0.3, 0.4) is 0 Å². The zero-order valence-corrected chi connectivity index (χ0v) is 10.9. The van der Waals surface area contributed by atoms with Crippen molar-refractivity contribution in [2.24, 2.45) is 0 Å². The van der Waals surface area contributed by atoms with Crippen LogP contribution in [0.4, 0.5) is 8.78 Å². The van der Waals surface area contributed by atoms with E-state index in [9.17, 15) is 13.6 Å². The summed E-state index contributed by atoms with van der Waals surface area (Å²) in [4.78, 5) is 11.0. The van der Waals surface area contributed by atoms with Gasteiger partial charge >= 0.3 is 5.97 Å². The van der Waals surface area contributed by atoms with E-state index < -0.39 is 5.92 Å². The van der Waals surface area contributed by atoms with Crippen LogP contribution in [-0.4, -0.2) is 30.0 Å². The lowest BCUT2D eigenvalue weighted by Gasteiger charge is -2.13. The van der Waals surface area contributed by atoms with Crippen molar-refractivity contribution in [2.75, 3.05) is 12.9 Å². The predicted octanol–water partition coefficient (Wildman–Crippen LogP) is 3.50. The van der Waals surface area contributed by atoms with Crippen LogP contribution in [0.15, 0.2) is 0 Å². The third-order valence-electron chi connectivity index (χ3n) is 2.36.